The van der Waals surface area contributed by atoms with E-state index >= 15 is 0 Å². The Morgan fingerprint density at radius 2 is 1.80 bits per heavy atom. The quantitative estimate of drug-likeness (QED) is 0.801. The van der Waals surface area contributed by atoms with Crippen molar-refractivity contribution in [2.45, 2.75) is 13.3 Å². The fourth-order valence-electron chi connectivity index (χ4n) is 2.58. The maximum absolute atomic E-state index is 12.1. The Morgan fingerprint density at radius 3 is 2.52 bits per heavy atom. The van der Waals surface area contributed by atoms with Gasteiger partial charge in [0.25, 0.3) is 0 Å². The van der Waals surface area contributed by atoms with Crippen LogP contribution in [0.25, 0.3) is 10.8 Å². The lowest BCUT2D eigenvalue weighted by molar-refractivity contribution is -0.142. The summed E-state index contributed by atoms with van der Waals surface area (Å²) in [5, 5.41) is 13.5. The summed E-state index contributed by atoms with van der Waals surface area (Å²) in [5.41, 5.74) is 0.899. The predicted octanol–water partition coefficient (Wildman–Crippen LogP) is 1.68. The van der Waals surface area contributed by atoms with Crippen LogP contribution in [0.3, 0.4) is 0 Å². The van der Waals surface area contributed by atoms with E-state index in [4.69, 9.17) is 5.11 Å². The number of carbonyl (C=O) groups excluding carboxylic acids is 2. The van der Waals surface area contributed by atoms with Gasteiger partial charge in [0.05, 0.1) is 18.9 Å². The van der Waals surface area contributed by atoms with E-state index < -0.39 is 11.9 Å². The number of carbonyl (C=O) groups is 3. The number of aliphatic carboxylic acids is 1. The molecule has 0 saturated heterocycles. The first kappa shape index (κ1) is 18.4. The Bertz CT molecular complexity index is 783. The lowest BCUT2D eigenvalue weighted by atomic mass is 10.0. The van der Waals surface area contributed by atoms with Crippen LogP contribution in [0.5, 0.6) is 0 Å². The molecule has 2 N–H and O–H groups in total. The van der Waals surface area contributed by atoms with Crippen LogP contribution < -0.4 is 5.32 Å². The molecule has 6 heteroatoms. The molecule has 0 saturated carbocycles. The second-order valence-electron chi connectivity index (χ2n) is 6.11. The van der Waals surface area contributed by atoms with E-state index in [0.717, 1.165) is 16.3 Å². The molecule has 1 unspecified atom stereocenters. The number of nitrogens with zero attached hydrogens (tertiary/aromatic N) is 1. The summed E-state index contributed by atoms with van der Waals surface area (Å²) < 4.78 is 0. The molecule has 132 valence electrons. The van der Waals surface area contributed by atoms with Gasteiger partial charge in [-0.15, -0.1) is 0 Å². The monoisotopic (exact) mass is 342 g/mol. The number of hydrogen-bond donors (Lipinski definition) is 2. The summed E-state index contributed by atoms with van der Waals surface area (Å²) in [5.74, 6) is -2.18. The highest BCUT2D eigenvalue weighted by atomic mass is 16.4. The van der Waals surface area contributed by atoms with Gasteiger partial charge in [-0.3, -0.25) is 14.4 Å². The highest BCUT2D eigenvalue weighted by Gasteiger charge is 2.17. The van der Waals surface area contributed by atoms with Gasteiger partial charge in [-0.05, 0) is 16.3 Å². The van der Waals surface area contributed by atoms with E-state index in [1.54, 1.807) is 0 Å². The first-order chi connectivity index (χ1) is 11.9. The molecule has 0 aliphatic heterocycles. The Hall–Kier alpha value is -2.89. The lowest BCUT2D eigenvalue weighted by Gasteiger charge is -2.19. The molecular weight excluding hydrogens is 320 g/mol. The molecule has 2 aromatic rings. The minimum Gasteiger partial charge on any atom is -0.481 e. The molecule has 1 atom stereocenters. The summed E-state index contributed by atoms with van der Waals surface area (Å²) in [4.78, 5) is 36.3. The average Bonchev–Trinajstić information content (AvgIpc) is 2.59. The van der Waals surface area contributed by atoms with E-state index in [2.05, 4.69) is 5.32 Å². The van der Waals surface area contributed by atoms with Crippen molar-refractivity contribution in [1.82, 2.24) is 10.2 Å². The van der Waals surface area contributed by atoms with Crippen LogP contribution in [0.4, 0.5) is 0 Å². The number of likely N-dealkylation sites (N-methyl/N-ethyl adjacent to an activating group) is 1. The molecule has 25 heavy (non-hydrogen) atoms. The number of fused-ring (bicyclic) bond motifs is 1. The Morgan fingerprint density at radius 1 is 1.12 bits per heavy atom. The van der Waals surface area contributed by atoms with Gasteiger partial charge in [0.1, 0.15) is 0 Å². The lowest BCUT2D eigenvalue weighted by Crippen LogP contribution is -2.41. The van der Waals surface area contributed by atoms with E-state index in [0.29, 0.717) is 0 Å². The number of carboxylic acids is 1. The summed E-state index contributed by atoms with van der Waals surface area (Å²) in [6, 6.07) is 13.6. The van der Waals surface area contributed by atoms with Gasteiger partial charge in [-0.25, -0.2) is 0 Å². The van der Waals surface area contributed by atoms with Gasteiger partial charge in [-0.2, -0.15) is 0 Å². The molecule has 0 spiro atoms. The van der Waals surface area contributed by atoms with Crippen molar-refractivity contribution in [2.24, 2.45) is 5.92 Å². The molecule has 6 nitrogen and oxygen atoms in total. The standard InChI is InChI=1S/C19H22N2O4/c1-13(19(24)25)12-21(2)18(23)11-20-17(22)10-15-8-5-7-14-6-3-4-9-16(14)15/h3-9,13H,10-12H2,1-2H3,(H,20,22)(H,24,25). The van der Waals surface area contributed by atoms with Crippen LogP contribution in [-0.4, -0.2) is 47.9 Å². The summed E-state index contributed by atoms with van der Waals surface area (Å²) in [7, 11) is 1.53. The van der Waals surface area contributed by atoms with Gasteiger partial charge < -0.3 is 15.3 Å². The highest BCUT2D eigenvalue weighted by molar-refractivity contribution is 5.91. The number of nitrogens with one attached hydrogen (secondary N) is 1. The van der Waals surface area contributed by atoms with Gasteiger partial charge in [0.15, 0.2) is 0 Å². The van der Waals surface area contributed by atoms with Crippen LogP contribution >= 0.6 is 0 Å². The smallest absolute Gasteiger partial charge is 0.308 e. The third-order valence-corrected chi connectivity index (χ3v) is 4.06. The van der Waals surface area contributed by atoms with Gasteiger partial charge >= 0.3 is 5.97 Å². The minimum atomic E-state index is -0.959. The molecule has 0 bridgehead atoms. The SMILES string of the molecule is CC(CN(C)C(=O)CNC(=O)Cc1cccc2ccccc12)C(=O)O. The zero-order valence-corrected chi connectivity index (χ0v) is 14.4. The summed E-state index contributed by atoms with van der Waals surface area (Å²) in [6.45, 7) is 1.49. The van der Waals surface area contributed by atoms with Crippen molar-refractivity contribution < 1.29 is 19.5 Å². The minimum absolute atomic E-state index is 0.105. The van der Waals surface area contributed by atoms with Crippen molar-refractivity contribution in [3.8, 4) is 0 Å². The summed E-state index contributed by atoms with van der Waals surface area (Å²) in [6.07, 6.45) is 0.184. The van der Waals surface area contributed by atoms with E-state index in [-0.39, 0.29) is 31.3 Å². The predicted molar refractivity (Wildman–Crippen MR) is 95.1 cm³/mol. The van der Waals surface area contributed by atoms with E-state index in [1.807, 2.05) is 42.5 Å². The van der Waals surface area contributed by atoms with Crippen LogP contribution in [-0.2, 0) is 20.8 Å². The second kappa shape index (κ2) is 8.28. The third kappa shape index (κ3) is 5.04. The molecular formula is C19H22N2O4. The highest BCUT2D eigenvalue weighted by Crippen LogP contribution is 2.18. The van der Waals surface area contributed by atoms with Crippen LogP contribution in [0.1, 0.15) is 12.5 Å². The Kier molecular flexibility index (Phi) is 6.11. The molecule has 2 rings (SSSR count). The molecule has 0 radical (unpaired) electrons. The molecule has 0 fully saturated rings. The van der Waals surface area contributed by atoms with Crippen LogP contribution in [0.15, 0.2) is 42.5 Å². The fraction of sp³-hybridized carbons (Fsp3) is 0.316. The van der Waals surface area contributed by atoms with E-state index in [1.165, 1.54) is 18.9 Å². The number of benzene rings is 2. The van der Waals surface area contributed by atoms with Gasteiger partial charge in [0, 0.05) is 13.6 Å². The first-order valence-electron chi connectivity index (χ1n) is 8.08. The molecule has 0 aliphatic rings. The summed E-state index contributed by atoms with van der Waals surface area (Å²) >= 11 is 0. The number of rotatable bonds is 7. The average molecular weight is 342 g/mol. The maximum Gasteiger partial charge on any atom is 0.308 e. The number of amides is 2. The molecule has 0 aromatic heterocycles. The normalized spacial score (nSPS) is 11.8. The van der Waals surface area contributed by atoms with E-state index in [9.17, 15) is 14.4 Å². The molecule has 2 amide bonds. The first-order valence-corrected chi connectivity index (χ1v) is 8.08. The topological polar surface area (TPSA) is 86.7 Å². The van der Waals surface area contributed by atoms with Crippen molar-refractivity contribution in [3.05, 3.63) is 48.0 Å². The Labute approximate surface area is 146 Å². The molecule has 0 heterocycles. The largest absolute Gasteiger partial charge is 0.481 e. The van der Waals surface area contributed by atoms with Crippen LogP contribution in [0.2, 0.25) is 0 Å². The maximum atomic E-state index is 12.1. The van der Waals surface area contributed by atoms with Crippen molar-refractivity contribution in [3.63, 3.8) is 0 Å². The number of hydrogen-bond acceptors (Lipinski definition) is 3. The van der Waals surface area contributed by atoms with Gasteiger partial charge in [0.2, 0.25) is 11.8 Å². The van der Waals surface area contributed by atoms with Gasteiger partial charge in [-0.1, -0.05) is 49.4 Å². The second-order valence-corrected chi connectivity index (χ2v) is 6.11. The van der Waals surface area contributed by atoms with Crippen molar-refractivity contribution >= 4 is 28.6 Å². The molecule has 2 aromatic carbocycles. The van der Waals surface area contributed by atoms with Crippen LogP contribution in [0, 0.1) is 5.92 Å². The zero-order chi connectivity index (χ0) is 18.4. The molecule has 0 aliphatic carbocycles. The third-order valence-electron chi connectivity index (χ3n) is 4.06. The Balaban J connectivity index is 1.90. The number of carboxylic acid groups (broad SMARTS) is 1. The fourth-order valence-corrected chi connectivity index (χ4v) is 2.58. The van der Waals surface area contributed by atoms with Crippen molar-refractivity contribution in [1.29, 1.82) is 0 Å². The van der Waals surface area contributed by atoms with Crippen molar-refractivity contribution in [2.75, 3.05) is 20.1 Å². The zero-order valence-electron chi connectivity index (χ0n) is 14.4.